The number of aromatic nitrogens is 1. The summed E-state index contributed by atoms with van der Waals surface area (Å²) in [7, 11) is 0. The lowest BCUT2D eigenvalue weighted by molar-refractivity contribution is -0.122. The number of amides is 3. The molecule has 6 N–H and O–H groups in total. The Hall–Kier alpha value is -4.58. The van der Waals surface area contributed by atoms with Crippen LogP contribution in [0.25, 0.3) is 5.57 Å². The van der Waals surface area contributed by atoms with Gasteiger partial charge in [-0.05, 0) is 100.0 Å². The van der Waals surface area contributed by atoms with Crippen molar-refractivity contribution in [1.29, 1.82) is 0 Å². The van der Waals surface area contributed by atoms with Gasteiger partial charge in [0.25, 0.3) is 11.8 Å². The van der Waals surface area contributed by atoms with Crippen molar-refractivity contribution in [2.45, 2.75) is 88.4 Å². The van der Waals surface area contributed by atoms with Crippen LogP contribution in [0.1, 0.15) is 90.6 Å². The molecule has 3 amide bonds. The van der Waals surface area contributed by atoms with Gasteiger partial charge >= 0.3 is 0 Å². The number of nitrogens with one attached hydrogen (secondary N) is 2. The van der Waals surface area contributed by atoms with Gasteiger partial charge in [0.1, 0.15) is 12.3 Å². The van der Waals surface area contributed by atoms with Crippen LogP contribution >= 0.6 is 0 Å². The number of nitrogens with two attached hydrogens (primary N) is 2. The Morgan fingerprint density at radius 2 is 1.73 bits per heavy atom. The first-order valence-electron chi connectivity index (χ1n) is 17.8. The fourth-order valence-corrected chi connectivity index (χ4v) is 7.36. The average Bonchev–Trinajstić information content (AvgIpc) is 4.01. The molecule has 1 saturated heterocycles. The molecule has 4 fully saturated rings. The van der Waals surface area contributed by atoms with E-state index in [0.29, 0.717) is 36.4 Å². The number of carbonyl (C=O) groups excluding carboxylic acids is 4. The molecule has 0 spiro atoms. The molecular weight excluding hydrogens is 620 g/mol. The molecule has 3 heterocycles. The van der Waals surface area contributed by atoms with Crippen LogP contribution in [0.3, 0.4) is 0 Å². The number of hydrogen-bond donors (Lipinski definition) is 4. The minimum atomic E-state index is -1.16. The van der Waals surface area contributed by atoms with E-state index in [0.717, 1.165) is 72.1 Å². The summed E-state index contributed by atoms with van der Waals surface area (Å²) in [5, 5.41) is 7.14. The third kappa shape index (κ3) is 7.39. The third-order valence-corrected chi connectivity index (χ3v) is 10.7. The van der Waals surface area contributed by atoms with Gasteiger partial charge in [0.15, 0.2) is 0 Å². The van der Waals surface area contributed by atoms with Crippen LogP contribution < -0.4 is 22.1 Å². The number of benzene rings is 1. The van der Waals surface area contributed by atoms with Gasteiger partial charge in [-0.3, -0.25) is 29.3 Å². The molecule has 3 saturated carbocycles. The fourth-order valence-electron chi connectivity index (χ4n) is 7.36. The molecule has 2 aliphatic heterocycles. The number of fused-ring (bicyclic) bond motifs is 1. The zero-order chi connectivity index (χ0) is 34.1. The smallest absolute Gasteiger partial charge is 0.262 e. The lowest BCUT2D eigenvalue weighted by Crippen LogP contribution is -2.47. The molecule has 1 aromatic heterocycles. The van der Waals surface area contributed by atoms with Crippen molar-refractivity contribution in [2.24, 2.45) is 28.3 Å². The van der Waals surface area contributed by atoms with Crippen LogP contribution in [0.15, 0.2) is 47.2 Å². The van der Waals surface area contributed by atoms with Crippen molar-refractivity contribution in [2.75, 3.05) is 30.3 Å². The number of aldehydes is 1. The number of likely N-dealkylation sites (tertiary alicyclic amines) is 1. The molecule has 0 radical (unpaired) electrons. The van der Waals surface area contributed by atoms with E-state index in [1.165, 1.54) is 25.9 Å². The number of hydrogen-bond acceptors (Lipinski definition) is 10. The summed E-state index contributed by atoms with van der Waals surface area (Å²) in [6, 6.07) is 9.49. The normalized spacial score (nSPS) is 24.0. The van der Waals surface area contributed by atoms with Crippen LogP contribution in [0.4, 0.5) is 11.4 Å². The highest BCUT2D eigenvalue weighted by atomic mass is 16.2. The molecule has 7 rings (SSSR count). The summed E-state index contributed by atoms with van der Waals surface area (Å²) in [6.45, 7) is 3.03. The summed E-state index contributed by atoms with van der Waals surface area (Å²) in [6.07, 6.45) is 13.5. The number of allylic oxidation sites excluding steroid dienone is 2. The maximum absolute atomic E-state index is 13.1. The van der Waals surface area contributed by atoms with E-state index in [1.807, 2.05) is 18.5 Å². The maximum Gasteiger partial charge on any atom is 0.262 e. The molecule has 0 bridgehead atoms. The Morgan fingerprint density at radius 1 is 0.980 bits per heavy atom. The standard InChI is InChI=1S/C37H46N8O4/c38-34(23-3-4-23)31(32-19-26(9-12-40-32)43-24-10-13-44(14-11-24)28-6-7-28)21-42-27-16-22(17-27)20-41-25-5-8-29-30(18-25)37(49)45(36(29)48)33(35(39)47)2-1-15-46/h5,8-9,12,15,18-19,21-24,27-28,33,41H,1-4,6-7,10-11,13-14,16-17,20,38H2,(H2,39,47)(H,40,43). The predicted molar refractivity (Wildman–Crippen MR) is 188 cm³/mol. The van der Waals surface area contributed by atoms with Gasteiger partial charge < -0.3 is 31.8 Å². The largest absolute Gasteiger partial charge is 0.401 e. The number of pyridine rings is 1. The van der Waals surface area contributed by atoms with E-state index >= 15 is 0 Å². The fraction of sp³-hybridized carbons (Fsp3) is 0.514. The number of imide groups is 1. The third-order valence-electron chi connectivity index (χ3n) is 10.7. The van der Waals surface area contributed by atoms with Crippen LogP contribution in [0.2, 0.25) is 0 Å². The van der Waals surface area contributed by atoms with Crippen LogP contribution in [0.5, 0.6) is 0 Å². The highest BCUT2D eigenvalue weighted by Gasteiger charge is 2.42. The lowest BCUT2D eigenvalue weighted by Gasteiger charge is -2.33. The monoisotopic (exact) mass is 666 g/mol. The van der Waals surface area contributed by atoms with Gasteiger partial charge in [0.2, 0.25) is 5.91 Å². The van der Waals surface area contributed by atoms with Gasteiger partial charge in [-0.25, -0.2) is 0 Å². The average molecular weight is 667 g/mol. The minimum Gasteiger partial charge on any atom is -0.401 e. The van der Waals surface area contributed by atoms with E-state index in [4.69, 9.17) is 21.4 Å². The number of primary amides is 1. The molecule has 12 heteroatoms. The second-order valence-corrected chi connectivity index (χ2v) is 14.3. The van der Waals surface area contributed by atoms with Gasteiger partial charge in [-0.15, -0.1) is 0 Å². The second kappa shape index (κ2) is 14.1. The first kappa shape index (κ1) is 32.9. The topological polar surface area (TPSA) is 176 Å². The molecule has 1 aromatic carbocycles. The first-order valence-corrected chi connectivity index (χ1v) is 17.8. The Kier molecular flexibility index (Phi) is 9.48. The minimum absolute atomic E-state index is 0.00502. The number of anilines is 2. The van der Waals surface area contributed by atoms with Gasteiger partial charge in [-0.1, -0.05) is 0 Å². The number of aliphatic imine (C=N–C) groups is 1. The highest BCUT2D eigenvalue weighted by molar-refractivity contribution is 6.23. The van der Waals surface area contributed by atoms with E-state index in [9.17, 15) is 19.2 Å². The second-order valence-electron chi connectivity index (χ2n) is 14.3. The lowest BCUT2D eigenvalue weighted by atomic mass is 9.80. The quantitative estimate of drug-likeness (QED) is 0.126. The summed E-state index contributed by atoms with van der Waals surface area (Å²) in [5.74, 6) is -1.16. The Labute approximate surface area is 286 Å². The van der Waals surface area contributed by atoms with Crippen LogP contribution in [0, 0.1) is 11.8 Å². The van der Waals surface area contributed by atoms with Crippen molar-refractivity contribution in [3.8, 4) is 0 Å². The summed E-state index contributed by atoms with van der Waals surface area (Å²) < 4.78 is 0. The Bertz CT molecular complexity index is 1670. The van der Waals surface area contributed by atoms with Gasteiger partial charge in [0, 0.05) is 73.2 Å². The van der Waals surface area contributed by atoms with Crippen molar-refractivity contribution in [3.63, 3.8) is 0 Å². The molecule has 12 nitrogen and oxygen atoms in total. The zero-order valence-electron chi connectivity index (χ0n) is 27.9. The summed E-state index contributed by atoms with van der Waals surface area (Å²) >= 11 is 0. The van der Waals surface area contributed by atoms with E-state index in [1.54, 1.807) is 18.2 Å². The number of nitrogens with zero attached hydrogens (tertiary/aromatic N) is 4. The van der Waals surface area contributed by atoms with Gasteiger partial charge in [-0.2, -0.15) is 0 Å². The molecular formula is C37H46N8O4. The number of piperidine rings is 1. The van der Waals surface area contributed by atoms with Gasteiger partial charge in [0.05, 0.1) is 22.9 Å². The maximum atomic E-state index is 13.1. The highest BCUT2D eigenvalue weighted by Crippen LogP contribution is 2.38. The Morgan fingerprint density at radius 3 is 2.43 bits per heavy atom. The van der Waals surface area contributed by atoms with Crippen molar-refractivity contribution < 1.29 is 19.2 Å². The molecule has 258 valence electrons. The molecule has 1 atom stereocenters. The molecule has 1 unspecified atom stereocenters. The molecule has 5 aliphatic rings. The van der Waals surface area contributed by atoms with E-state index in [-0.39, 0.29) is 30.0 Å². The zero-order valence-corrected chi connectivity index (χ0v) is 27.9. The number of rotatable bonds is 15. The molecule has 3 aliphatic carbocycles. The van der Waals surface area contributed by atoms with Crippen LogP contribution in [-0.2, 0) is 9.59 Å². The van der Waals surface area contributed by atoms with Crippen molar-refractivity contribution >= 4 is 47.2 Å². The van der Waals surface area contributed by atoms with E-state index in [2.05, 4.69) is 21.6 Å². The Balaban J connectivity index is 0.932. The predicted octanol–water partition coefficient (Wildman–Crippen LogP) is 3.59. The summed E-state index contributed by atoms with van der Waals surface area (Å²) in [4.78, 5) is 62.1. The van der Waals surface area contributed by atoms with E-state index < -0.39 is 23.8 Å². The van der Waals surface area contributed by atoms with Crippen molar-refractivity contribution in [3.05, 3.63) is 59.0 Å². The molecule has 2 aromatic rings. The first-order chi connectivity index (χ1) is 23.8. The molecule has 49 heavy (non-hydrogen) atoms. The SMILES string of the molecule is NC(=O)C(CCC=O)N1C(=O)c2ccc(NCC3CC(N=CC(=C(N)C4CC4)c4cc(NC5CCN(C6CC6)CC5)ccn4)C3)cc2C1=O. The summed E-state index contributed by atoms with van der Waals surface area (Å²) in [5.41, 5.74) is 17.0. The number of carbonyl (C=O) groups is 4. The van der Waals surface area contributed by atoms with Crippen molar-refractivity contribution in [1.82, 2.24) is 14.8 Å². The van der Waals surface area contributed by atoms with Crippen LogP contribution in [-0.4, -0.2) is 88.8 Å².